The molecular formula is C17H11BrClNO2. The first-order chi connectivity index (χ1) is 10.6. The maximum atomic E-state index is 11.8. The Labute approximate surface area is 141 Å². The highest BCUT2D eigenvalue weighted by molar-refractivity contribution is 9.10. The topological polar surface area (TPSA) is 39.2 Å². The molecule has 3 rings (SSSR count). The fourth-order valence-electron chi connectivity index (χ4n) is 2.27. The Hall–Kier alpha value is -1.91. The van der Waals surface area contributed by atoms with Crippen molar-refractivity contribution >= 4 is 43.7 Å². The number of pyridine rings is 1. The minimum Gasteiger partial charge on any atom is -0.497 e. The predicted molar refractivity (Wildman–Crippen MR) is 91.6 cm³/mol. The van der Waals surface area contributed by atoms with Crippen molar-refractivity contribution in [2.75, 3.05) is 7.11 Å². The molecule has 5 heteroatoms. The van der Waals surface area contributed by atoms with Gasteiger partial charge in [-0.25, -0.2) is 4.98 Å². The number of hydrogen-bond acceptors (Lipinski definition) is 3. The monoisotopic (exact) mass is 375 g/mol. The van der Waals surface area contributed by atoms with Crippen molar-refractivity contribution < 1.29 is 9.53 Å². The Balaban J connectivity index is 2.21. The van der Waals surface area contributed by atoms with Gasteiger partial charge in [0.15, 0.2) is 0 Å². The molecule has 0 bridgehead atoms. The second-order valence-corrected chi connectivity index (χ2v) is 5.98. The third kappa shape index (κ3) is 2.85. The summed E-state index contributed by atoms with van der Waals surface area (Å²) in [6.07, 6.45) is 0. The molecule has 1 aromatic heterocycles. The van der Waals surface area contributed by atoms with Crippen molar-refractivity contribution in [3.8, 4) is 17.0 Å². The number of carbonyl (C=O) groups is 1. The molecule has 0 unspecified atom stereocenters. The molecule has 0 aliphatic heterocycles. The summed E-state index contributed by atoms with van der Waals surface area (Å²) in [5, 5.41) is 0.229. The fraction of sp³-hybridized carbons (Fsp3) is 0.0588. The Kier molecular flexibility index (Phi) is 4.14. The van der Waals surface area contributed by atoms with Gasteiger partial charge < -0.3 is 4.74 Å². The van der Waals surface area contributed by atoms with Gasteiger partial charge in [0.2, 0.25) is 0 Å². The molecule has 0 saturated heterocycles. The molecule has 0 spiro atoms. The van der Waals surface area contributed by atoms with Gasteiger partial charge in [0.1, 0.15) is 5.75 Å². The minimum atomic E-state index is -0.500. The number of rotatable bonds is 3. The van der Waals surface area contributed by atoms with Gasteiger partial charge in [-0.05, 0) is 60.1 Å². The molecule has 22 heavy (non-hydrogen) atoms. The van der Waals surface area contributed by atoms with Gasteiger partial charge in [-0.15, -0.1) is 0 Å². The maximum absolute atomic E-state index is 11.8. The lowest BCUT2D eigenvalue weighted by Crippen LogP contribution is -1.96. The van der Waals surface area contributed by atoms with Crippen LogP contribution < -0.4 is 4.74 Å². The van der Waals surface area contributed by atoms with Gasteiger partial charge in [0.25, 0.3) is 5.24 Å². The number of halogens is 2. The number of nitrogens with zero attached hydrogens (tertiary/aromatic N) is 1. The van der Waals surface area contributed by atoms with Crippen LogP contribution >= 0.6 is 27.5 Å². The molecule has 0 aliphatic rings. The molecule has 3 nitrogen and oxygen atoms in total. The van der Waals surface area contributed by atoms with Gasteiger partial charge in [-0.2, -0.15) is 0 Å². The maximum Gasteiger partial charge on any atom is 0.253 e. The van der Waals surface area contributed by atoms with Gasteiger partial charge in [-0.3, -0.25) is 4.79 Å². The van der Waals surface area contributed by atoms with Crippen molar-refractivity contribution in [2.24, 2.45) is 0 Å². The zero-order chi connectivity index (χ0) is 15.7. The molecule has 0 fully saturated rings. The van der Waals surface area contributed by atoms with Crippen LogP contribution in [0, 0.1) is 0 Å². The van der Waals surface area contributed by atoms with Crippen molar-refractivity contribution in [2.45, 2.75) is 0 Å². The molecular weight excluding hydrogens is 366 g/mol. The van der Waals surface area contributed by atoms with Crippen LogP contribution in [0.25, 0.3) is 22.2 Å². The van der Waals surface area contributed by atoms with Crippen LogP contribution in [-0.4, -0.2) is 17.3 Å². The van der Waals surface area contributed by atoms with E-state index in [1.165, 1.54) is 0 Å². The Bertz CT molecular complexity index is 862. The second kappa shape index (κ2) is 6.07. The van der Waals surface area contributed by atoms with E-state index < -0.39 is 5.24 Å². The SMILES string of the molecule is COc1ccc(-c2cc(C(=O)Cl)c3cc(Br)ccc3n2)cc1. The van der Waals surface area contributed by atoms with E-state index >= 15 is 0 Å². The molecule has 0 atom stereocenters. The summed E-state index contributed by atoms with van der Waals surface area (Å²) in [5.41, 5.74) is 2.76. The predicted octanol–water partition coefficient (Wildman–Crippen LogP) is 5.05. The van der Waals surface area contributed by atoms with E-state index in [-0.39, 0.29) is 0 Å². The van der Waals surface area contributed by atoms with Crippen molar-refractivity contribution in [3.05, 3.63) is 58.6 Å². The normalized spacial score (nSPS) is 10.7. The van der Waals surface area contributed by atoms with Crippen LogP contribution in [0.3, 0.4) is 0 Å². The number of ether oxygens (including phenoxy) is 1. The number of aromatic nitrogens is 1. The van der Waals surface area contributed by atoms with Crippen LogP contribution in [0.5, 0.6) is 5.75 Å². The largest absolute Gasteiger partial charge is 0.497 e. The van der Waals surface area contributed by atoms with E-state index in [0.717, 1.165) is 26.7 Å². The molecule has 3 aromatic rings. The Morgan fingerprint density at radius 1 is 1.14 bits per heavy atom. The summed E-state index contributed by atoms with van der Waals surface area (Å²) in [6, 6.07) is 14.8. The third-order valence-electron chi connectivity index (χ3n) is 3.37. The summed E-state index contributed by atoms with van der Waals surface area (Å²) in [4.78, 5) is 16.4. The van der Waals surface area contributed by atoms with Crippen molar-refractivity contribution in [1.29, 1.82) is 0 Å². The third-order valence-corrected chi connectivity index (χ3v) is 4.07. The standard InChI is InChI=1S/C17H11BrClNO2/c1-22-12-5-2-10(3-6-12)16-9-14(17(19)21)13-8-11(18)4-7-15(13)20-16/h2-9H,1H3. The minimum absolute atomic E-state index is 0.443. The van der Waals surface area contributed by atoms with Gasteiger partial charge in [0.05, 0.1) is 18.3 Å². The molecule has 0 saturated carbocycles. The lowest BCUT2D eigenvalue weighted by Gasteiger charge is -2.08. The molecule has 0 aliphatic carbocycles. The summed E-state index contributed by atoms with van der Waals surface area (Å²) in [6.45, 7) is 0. The lowest BCUT2D eigenvalue weighted by atomic mass is 10.0. The Morgan fingerprint density at radius 3 is 2.50 bits per heavy atom. The van der Waals surface area contributed by atoms with E-state index in [2.05, 4.69) is 20.9 Å². The van der Waals surface area contributed by atoms with E-state index in [0.29, 0.717) is 11.3 Å². The van der Waals surface area contributed by atoms with E-state index in [1.807, 2.05) is 42.5 Å². The van der Waals surface area contributed by atoms with E-state index in [4.69, 9.17) is 16.3 Å². The Morgan fingerprint density at radius 2 is 1.86 bits per heavy atom. The number of methoxy groups -OCH3 is 1. The highest BCUT2D eigenvalue weighted by Gasteiger charge is 2.12. The van der Waals surface area contributed by atoms with Gasteiger partial charge in [0, 0.05) is 21.0 Å². The second-order valence-electron chi connectivity index (χ2n) is 4.72. The number of benzene rings is 2. The smallest absolute Gasteiger partial charge is 0.253 e. The summed E-state index contributed by atoms with van der Waals surface area (Å²) < 4.78 is 6.02. The van der Waals surface area contributed by atoms with Crippen LogP contribution in [0.1, 0.15) is 10.4 Å². The summed E-state index contributed by atoms with van der Waals surface area (Å²) >= 11 is 9.14. The van der Waals surface area contributed by atoms with Crippen molar-refractivity contribution in [1.82, 2.24) is 4.98 Å². The summed E-state index contributed by atoms with van der Waals surface area (Å²) in [5.74, 6) is 0.766. The van der Waals surface area contributed by atoms with Gasteiger partial charge >= 0.3 is 0 Å². The summed E-state index contributed by atoms with van der Waals surface area (Å²) in [7, 11) is 1.62. The van der Waals surface area contributed by atoms with Crippen LogP contribution in [0.2, 0.25) is 0 Å². The number of carbonyl (C=O) groups excluding carboxylic acids is 1. The first kappa shape index (κ1) is 15.0. The van der Waals surface area contributed by atoms with E-state index in [1.54, 1.807) is 13.2 Å². The first-order valence-corrected chi connectivity index (χ1v) is 7.70. The number of hydrogen-bond donors (Lipinski definition) is 0. The van der Waals surface area contributed by atoms with Crippen LogP contribution in [-0.2, 0) is 0 Å². The zero-order valence-electron chi connectivity index (χ0n) is 11.6. The van der Waals surface area contributed by atoms with Crippen molar-refractivity contribution in [3.63, 3.8) is 0 Å². The quantitative estimate of drug-likeness (QED) is 0.600. The highest BCUT2D eigenvalue weighted by Crippen LogP contribution is 2.28. The molecule has 0 radical (unpaired) electrons. The molecule has 2 aromatic carbocycles. The lowest BCUT2D eigenvalue weighted by molar-refractivity contribution is 0.108. The average Bonchev–Trinajstić information content (AvgIpc) is 2.53. The van der Waals surface area contributed by atoms with Crippen LogP contribution in [0.15, 0.2) is 53.0 Å². The highest BCUT2D eigenvalue weighted by atomic mass is 79.9. The molecule has 1 heterocycles. The average molecular weight is 377 g/mol. The van der Waals surface area contributed by atoms with E-state index in [9.17, 15) is 4.79 Å². The fourth-order valence-corrected chi connectivity index (χ4v) is 2.79. The molecule has 0 N–H and O–H groups in total. The zero-order valence-corrected chi connectivity index (χ0v) is 14.0. The first-order valence-electron chi connectivity index (χ1n) is 6.53. The number of fused-ring (bicyclic) bond motifs is 1. The molecule has 110 valence electrons. The van der Waals surface area contributed by atoms with Crippen LogP contribution in [0.4, 0.5) is 0 Å². The van der Waals surface area contributed by atoms with Gasteiger partial charge in [-0.1, -0.05) is 15.9 Å². The molecule has 0 amide bonds.